The van der Waals surface area contributed by atoms with Gasteiger partial charge in [-0.25, -0.2) is 4.79 Å². The van der Waals surface area contributed by atoms with Gasteiger partial charge in [-0.1, -0.05) is 0 Å². The Kier molecular flexibility index (Phi) is 5.04. The van der Waals surface area contributed by atoms with Crippen molar-refractivity contribution in [2.45, 2.75) is 44.8 Å². The van der Waals surface area contributed by atoms with Crippen LogP contribution in [0.15, 0.2) is 28.9 Å². The maximum absolute atomic E-state index is 12.4. The summed E-state index contributed by atoms with van der Waals surface area (Å²) in [4.78, 5) is 25.2. The van der Waals surface area contributed by atoms with E-state index in [0.29, 0.717) is 31.2 Å². The summed E-state index contributed by atoms with van der Waals surface area (Å²) in [5.74, 6) is 0.174. The number of hydrogen-bond acceptors (Lipinski definition) is 4. The minimum absolute atomic E-state index is 0.00176. The van der Waals surface area contributed by atoms with E-state index in [9.17, 15) is 9.59 Å². The van der Waals surface area contributed by atoms with E-state index in [-0.39, 0.29) is 12.0 Å². The summed E-state index contributed by atoms with van der Waals surface area (Å²) in [5, 5.41) is 9.01. The second-order valence-corrected chi connectivity index (χ2v) is 6.55. The minimum Gasteiger partial charge on any atom is -0.479 e. The number of carboxylic acid groups (broad SMARTS) is 1. The molecule has 1 aromatic heterocycles. The van der Waals surface area contributed by atoms with Gasteiger partial charge in [0.2, 0.25) is 5.91 Å². The van der Waals surface area contributed by atoms with E-state index in [4.69, 9.17) is 14.3 Å². The van der Waals surface area contributed by atoms with Gasteiger partial charge in [-0.3, -0.25) is 4.79 Å². The zero-order chi connectivity index (χ0) is 17.1. The molecule has 3 rings (SSSR count). The summed E-state index contributed by atoms with van der Waals surface area (Å²) >= 11 is 0. The van der Waals surface area contributed by atoms with Crippen LogP contribution in [0.2, 0.25) is 0 Å². The van der Waals surface area contributed by atoms with E-state index in [0.717, 1.165) is 24.8 Å². The Hall–Kier alpha value is -2.08. The molecule has 0 saturated carbocycles. The number of piperidine rings is 1. The molecule has 0 spiro atoms. The largest absolute Gasteiger partial charge is 0.479 e. The van der Waals surface area contributed by atoms with Gasteiger partial charge in [0, 0.05) is 19.2 Å². The number of amides is 1. The van der Waals surface area contributed by atoms with Crippen molar-refractivity contribution < 1.29 is 23.8 Å². The monoisotopic (exact) mass is 333 g/mol. The number of allylic oxidation sites excluding steroid dienone is 1. The van der Waals surface area contributed by atoms with Gasteiger partial charge in [0.25, 0.3) is 0 Å². The zero-order valence-electron chi connectivity index (χ0n) is 13.8. The molecule has 0 unspecified atom stereocenters. The molecule has 1 aromatic rings. The van der Waals surface area contributed by atoms with Crippen molar-refractivity contribution in [3.8, 4) is 0 Å². The van der Waals surface area contributed by atoms with Gasteiger partial charge in [-0.05, 0) is 56.2 Å². The highest BCUT2D eigenvalue weighted by Crippen LogP contribution is 2.32. The first kappa shape index (κ1) is 16.8. The third-order valence-electron chi connectivity index (χ3n) is 4.95. The van der Waals surface area contributed by atoms with Crippen LogP contribution in [0.1, 0.15) is 38.4 Å². The van der Waals surface area contributed by atoms with Crippen LogP contribution in [-0.4, -0.2) is 47.2 Å². The summed E-state index contributed by atoms with van der Waals surface area (Å²) in [6.07, 6.45) is 5.67. The molecule has 0 aliphatic carbocycles. The number of aliphatic carboxylic acids is 1. The topological polar surface area (TPSA) is 80.0 Å². The van der Waals surface area contributed by atoms with Crippen LogP contribution in [0.4, 0.5) is 0 Å². The summed E-state index contributed by atoms with van der Waals surface area (Å²) in [5.41, 5.74) is 0.815. The normalized spacial score (nSPS) is 25.9. The average Bonchev–Trinajstić information content (AvgIpc) is 3.26. The smallest absolute Gasteiger partial charge is 0.332 e. The van der Waals surface area contributed by atoms with Gasteiger partial charge in [0.05, 0.1) is 12.4 Å². The number of carbonyl (C=O) groups excluding carboxylic acids is 1. The zero-order valence-corrected chi connectivity index (χ0v) is 13.8. The van der Waals surface area contributed by atoms with Gasteiger partial charge in [-0.15, -0.1) is 0 Å². The third kappa shape index (κ3) is 3.70. The molecule has 0 bridgehead atoms. The summed E-state index contributed by atoms with van der Waals surface area (Å²) in [6.45, 7) is 3.23. The summed E-state index contributed by atoms with van der Waals surface area (Å²) in [6, 6.07) is 3.64. The van der Waals surface area contributed by atoms with Crippen LogP contribution in [0.3, 0.4) is 0 Å². The standard InChI is InChI=1S/C18H23NO5/c1-12(14-3-2-10-23-14)11-17(20)19-8-6-13(7-9-19)15-4-5-16(24-15)18(21)22/h2-3,10-11,13,15-16H,4-9H2,1H3,(H,21,22)/t15-,16+/m0/s1. The lowest BCUT2D eigenvalue weighted by Crippen LogP contribution is -2.40. The van der Waals surface area contributed by atoms with E-state index in [1.54, 1.807) is 18.4 Å². The van der Waals surface area contributed by atoms with Crippen LogP contribution >= 0.6 is 0 Å². The molecule has 2 fully saturated rings. The molecule has 2 saturated heterocycles. The molecule has 2 atom stereocenters. The number of nitrogens with zero attached hydrogens (tertiary/aromatic N) is 1. The van der Waals surface area contributed by atoms with Crippen molar-refractivity contribution in [1.29, 1.82) is 0 Å². The van der Waals surface area contributed by atoms with E-state index in [2.05, 4.69) is 0 Å². The van der Waals surface area contributed by atoms with E-state index in [1.807, 2.05) is 17.9 Å². The van der Waals surface area contributed by atoms with Crippen molar-refractivity contribution in [3.05, 3.63) is 30.2 Å². The third-order valence-corrected chi connectivity index (χ3v) is 4.95. The Balaban J connectivity index is 1.51. The number of carbonyl (C=O) groups is 2. The van der Waals surface area contributed by atoms with Crippen LogP contribution < -0.4 is 0 Å². The van der Waals surface area contributed by atoms with Crippen molar-refractivity contribution in [2.24, 2.45) is 5.92 Å². The van der Waals surface area contributed by atoms with Crippen molar-refractivity contribution in [1.82, 2.24) is 4.90 Å². The SMILES string of the molecule is CC(=CC(=O)N1CCC([C@@H]2CC[C@H](C(=O)O)O2)CC1)c1ccco1. The maximum atomic E-state index is 12.4. The Morgan fingerprint density at radius 3 is 2.58 bits per heavy atom. The molecule has 0 aromatic carbocycles. The summed E-state index contributed by atoms with van der Waals surface area (Å²) in [7, 11) is 0. The number of carboxylic acids is 1. The molecular formula is C18H23NO5. The fourth-order valence-electron chi connectivity index (χ4n) is 3.53. The van der Waals surface area contributed by atoms with Crippen LogP contribution in [0, 0.1) is 5.92 Å². The quantitative estimate of drug-likeness (QED) is 0.857. The second-order valence-electron chi connectivity index (χ2n) is 6.55. The molecule has 2 aliphatic rings. The lowest BCUT2D eigenvalue weighted by Gasteiger charge is -2.34. The van der Waals surface area contributed by atoms with Crippen LogP contribution in [-0.2, 0) is 14.3 Å². The lowest BCUT2D eigenvalue weighted by molar-refractivity contribution is -0.150. The molecule has 0 radical (unpaired) electrons. The molecule has 3 heterocycles. The first-order valence-electron chi connectivity index (χ1n) is 8.44. The molecule has 130 valence electrons. The summed E-state index contributed by atoms with van der Waals surface area (Å²) < 4.78 is 10.9. The first-order chi connectivity index (χ1) is 11.5. The molecule has 6 heteroatoms. The van der Waals surface area contributed by atoms with Gasteiger partial charge >= 0.3 is 5.97 Å². The number of ether oxygens (including phenoxy) is 1. The number of hydrogen-bond donors (Lipinski definition) is 1. The fourth-order valence-corrected chi connectivity index (χ4v) is 3.53. The van der Waals surface area contributed by atoms with Gasteiger partial charge in [0.15, 0.2) is 6.10 Å². The number of rotatable bonds is 4. The molecule has 1 amide bonds. The van der Waals surface area contributed by atoms with E-state index >= 15 is 0 Å². The second kappa shape index (κ2) is 7.21. The van der Waals surface area contributed by atoms with Gasteiger partial charge in [-0.2, -0.15) is 0 Å². The molecule has 6 nitrogen and oxygen atoms in total. The van der Waals surface area contributed by atoms with Crippen LogP contribution in [0.5, 0.6) is 0 Å². The maximum Gasteiger partial charge on any atom is 0.332 e. The Morgan fingerprint density at radius 2 is 2.00 bits per heavy atom. The van der Waals surface area contributed by atoms with Crippen molar-refractivity contribution >= 4 is 17.4 Å². The van der Waals surface area contributed by atoms with Crippen LogP contribution in [0.25, 0.3) is 5.57 Å². The Labute approximate surface area is 141 Å². The molecule has 2 aliphatic heterocycles. The molecule has 1 N–H and O–H groups in total. The fraction of sp³-hybridized carbons (Fsp3) is 0.556. The first-order valence-corrected chi connectivity index (χ1v) is 8.44. The highest BCUT2D eigenvalue weighted by molar-refractivity contribution is 5.94. The molecular weight excluding hydrogens is 310 g/mol. The Bertz CT molecular complexity index is 613. The number of furan rings is 1. The Morgan fingerprint density at radius 1 is 1.25 bits per heavy atom. The van der Waals surface area contributed by atoms with Crippen molar-refractivity contribution in [2.75, 3.05) is 13.1 Å². The highest BCUT2D eigenvalue weighted by Gasteiger charge is 2.36. The van der Waals surface area contributed by atoms with Gasteiger partial charge < -0.3 is 19.2 Å². The average molecular weight is 333 g/mol. The predicted molar refractivity (Wildman–Crippen MR) is 87.2 cm³/mol. The predicted octanol–water partition coefficient (Wildman–Crippen LogP) is 2.55. The van der Waals surface area contributed by atoms with E-state index < -0.39 is 12.1 Å². The molecule has 24 heavy (non-hydrogen) atoms. The van der Waals surface area contributed by atoms with Crippen molar-refractivity contribution in [3.63, 3.8) is 0 Å². The lowest BCUT2D eigenvalue weighted by atomic mass is 9.89. The van der Waals surface area contributed by atoms with E-state index in [1.165, 1.54) is 0 Å². The van der Waals surface area contributed by atoms with Gasteiger partial charge in [0.1, 0.15) is 5.76 Å². The number of likely N-dealkylation sites (tertiary alicyclic amines) is 1. The highest BCUT2D eigenvalue weighted by atomic mass is 16.5. The minimum atomic E-state index is -0.872.